The van der Waals surface area contributed by atoms with Gasteiger partial charge in [0.2, 0.25) is 0 Å². The van der Waals surface area contributed by atoms with Gasteiger partial charge in [-0.15, -0.1) is 12.4 Å². The Morgan fingerprint density at radius 3 is 2.39 bits per heavy atom. The Hall–Kier alpha value is -1.75. The fraction of sp³-hybridized carbons (Fsp3) is 0.529. The third-order valence-corrected chi connectivity index (χ3v) is 4.40. The molecule has 1 amide bonds. The number of halogens is 1. The first-order valence-corrected chi connectivity index (χ1v) is 7.51. The number of carboxylic acid groups (broad SMARTS) is 1. The second-order valence-corrected chi connectivity index (χ2v) is 6.71. The van der Waals surface area contributed by atoms with Crippen molar-refractivity contribution in [2.45, 2.75) is 45.8 Å². The highest BCUT2D eigenvalue weighted by molar-refractivity contribution is 5.86. The number of carbonyl (C=O) groups is 2. The van der Waals surface area contributed by atoms with Crippen LogP contribution in [-0.4, -0.2) is 34.2 Å². The summed E-state index contributed by atoms with van der Waals surface area (Å²) >= 11 is 0. The van der Waals surface area contributed by atoms with E-state index in [4.69, 9.17) is 4.74 Å². The molecular weight excluding hydrogens is 318 g/mol. The van der Waals surface area contributed by atoms with Crippen molar-refractivity contribution in [3.05, 3.63) is 35.9 Å². The average molecular weight is 342 g/mol. The third-order valence-electron chi connectivity index (χ3n) is 4.40. The monoisotopic (exact) mass is 341 g/mol. The van der Waals surface area contributed by atoms with Crippen molar-refractivity contribution in [1.29, 1.82) is 0 Å². The van der Waals surface area contributed by atoms with Crippen molar-refractivity contribution in [1.82, 2.24) is 4.90 Å². The molecule has 1 atom stereocenters. The molecule has 1 aliphatic heterocycles. The number of rotatable bonds is 3. The van der Waals surface area contributed by atoms with E-state index in [-0.39, 0.29) is 19.0 Å². The molecule has 0 spiro atoms. The number of hydrogen-bond donors (Lipinski definition) is 1. The summed E-state index contributed by atoms with van der Waals surface area (Å²) in [5.74, 6) is -0.964. The van der Waals surface area contributed by atoms with Crippen molar-refractivity contribution in [2.75, 3.05) is 6.54 Å². The lowest BCUT2D eigenvalue weighted by Crippen LogP contribution is -2.60. The number of carbonyl (C=O) groups excluding carboxylic acids is 1. The lowest BCUT2D eigenvalue weighted by atomic mass is 9.72. The van der Waals surface area contributed by atoms with Crippen LogP contribution in [0.3, 0.4) is 0 Å². The van der Waals surface area contributed by atoms with Crippen molar-refractivity contribution in [2.24, 2.45) is 5.41 Å². The smallest absolute Gasteiger partial charge is 0.411 e. The third kappa shape index (κ3) is 3.61. The first-order chi connectivity index (χ1) is 10.3. The molecule has 0 aliphatic carbocycles. The number of likely N-dealkylation sites (tertiary alicyclic amines) is 1. The van der Waals surface area contributed by atoms with E-state index in [0.29, 0.717) is 19.4 Å². The Bertz CT molecular complexity index is 555. The Balaban J connectivity index is 0.00000264. The van der Waals surface area contributed by atoms with Crippen LogP contribution >= 0.6 is 12.4 Å². The van der Waals surface area contributed by atoms with Gasteiger partial charge in [-0.1, -0.05) is 51.1 Å². The van der Waals surface area contributed by atoms with Crippen LogP contribution in [-0.2, 0) is 16.1 Å². The molecule has 1 saturated heterocycles. The largest absolute Gasteiger partial charge is 0.479 e. The normalized spacial score (nSPS) is 20.7. The molecule has 128 valence electrons. The lowest BCUT2D eigenvalue weighted by Gasteiger charge is -2.43. The highest BCUT2D eigenvalue weighted by Crippen LogP contribution is 2.44. The van der Waals surface area contributed by atoms with Crippen LogP contribution < -0.4 is 0 Å². The summed E-state index contributed by atoms with van der Waals surface area (Å²) in [6.07, 6.45) is 0.565. The number of benzene rings is 1. The molecule has 0 saturated carbocycles. The van der Waals surface area contributed by atoms with E-state index in [1.54, 1.807) is 0 Å². The van der Waals surface area contributed by atoms with Gasteiger partial charge >= 0.3 is 12.1 Å². The molecule has 1 aromatic carbocycles. The number of amides is 1. The molecule has 1 aromatic rings. The highest BCUT2D eigenvalue weighted by Gasteiger charge is 2.58. The predicted molar refractivity (Wildman–Crippen MR) is 89.6 cm³/mol. The van der Waals surface area contributed by atoms with Gasteiger partial charge in [-0.25, -0.2) is 9.59 Å². The summed E-state index contributed by atoms with van der Waals surface area (Å²) in [4.78, 5) is 25.7. The second kappa shape index (κ2) is 7.21. The van der Waals surface area contributed by atoms with Crippen molar-refractivity contribution >= 4 is 24.5 Å². The van der Waals surface area contributed by atoms with E-state index in [0.717, 1.165) is 5.56 Å². The molecule has 0 aromatic heterocycles. The zero-order chi connectivity index (χ0) is 16.4. The predicted octanol–water partition coefficient (Wildman–Crippen LogP) is 3.71. The number of carboxylic acids is 1. The molecule has 0 bridgehead atoms. The zero-order valence-electron chi connectivity index (χ0n) is 13.7. The number of aliphatic carboxylic acids is 1. The Morgan fingerprint density at radius 2 is 1.87 bits per heavy atom. The van der Waals surface area contributed by atoms with Crippen LogP contribution in [0, 0.1) is 5.41 Å². The van der Waals surface area contributed by atoms with E-state index in [1.165, 1.54) is 4.90 Å². The molecular formula is C17H24ClNO4. The van der Waals surface area contributed by atoms with Crippen molar-refractivity contribution < 1.29 is 19.4 Å². The van der Waals surface area contributed by atoms with Gasteiger partial charge in [-0.05, 0) is 23.8 Å². The number of ether oxygens (including phenoxy) is 1. The van der Waals surface area contributed by atoms with Crippen LogP contribution in [0.25, 0.3) is 0 Å². The summed E-state index contributed by atoms with van der Waals surface area (Å²) in [5, 5.41) is 9.75. The average Bonchev–Trinajstić information content (AvgIpc) is 2.91. The van der Waals surface area contributed by atoms with E-state index < -0.39 is 23.0 Å². The van der Waals surface area contributed by atoms with E-state index >= 15 is 0 Å². The Labute approximate surface area is 143 Å². The maximum atomic E-state index is 12.4. The van der Waals surface area contributed by atoms with E-state index in [1.807, 2.05) is 51.1 Å². The van der Waals surface area contributed by atoms with Crippen LogP contribution in [0.4, 0.5) is 4.79 Å². The van der Waals surface area contributed by atoms with Gasteiger partial charge in [0.15, 0.2) is 0 Å². The highest BCUT2D eigenvalue weighted by atomic mass is 35.5. The summed E-state index contributed by atoms with van der Waals surface area (Å²) in [6, 6.07) is 9.36. The van der Waals surface area contributed by atoms with Gasteiger partial charge in [-0.2, -0.15) is 0 Å². The topological polar surface area (TPSA) is 66.8 Å². The molecule has 1 fully saturated rings. The van der Waals surface area contributed by atoms with E-state index in [9.17, 15) is 14.7 Å². The van der Waals surface area contributed by atoms with Gasteiger partial charge in [0.05, 0.1) is 0 Å². The molecule has 0 unspecified atom stereocenters. The lowest BCUT2D eigenvalue weighted by molar-refractivity contribution is -0.156. The second-order valence-electron chi connectivity index (χ2n) is 6.71. The quantitative estimate of drug-likeness (QED) is 0.910. The molecule has 1 heterocycles. The van der Waals surface area contributed by atoms with Gasteiger partial charge in [0, 0.05) is 6.54 Å². The molecule has 5 nitrogen and oxygen atoms in total. The van der Waals surface area contributed by atoms with Crippen LogP contribution in [0.1, 0.15) is 39.2 Å². The standard InChI is InChI=1S/C17H23NO4.ClH/c1-16(2,3)17(14(19)20)10-7-11-18(17)15(21)22-12-13-8-5-4-6-9-13;/h4-6,8-9H,7,10-12H2,1-3H3,(H,19,20);1H/t17-;/m0./s1. The Kier molecular flexibility index (Phi) is 6.05. The minimum atomic E-state index is -1.21. The van der Waals surface area contributed by atoms with Crippen molar-refractivity contribution in [3.8, 4) is 0 Å². The molecule has 1 aliphatic rings. The van der Waals surface area contributed by atoms with Crippen LogP contribution in [0.2, 0.25) is 0 Å². The maximum absolute atomic E-state index is 12.4. The first-order valence-electron chi connectivity index (χ1n) is 7.51. The summed E-state index contributed by atoms with van der Waals surface area (Å²) in [5.41, 5.74) is -0.895. The van der Waals surface area contributed by atoms with Crippen molar-refractivity contribution in [3.63, 3.8) is 0 Å². The van der Waals surface area contributed by atoms with Crippen LogP contribution in [0.15, 0.2) is 30.3 Å². The fourth-order valence-electron chi connectivity index (χ4n) is 3.19. The van der Waals surface area contributed by atoms with Crippen LogP contribution in [0.5, 0.6) is 0 Å². The molecule has 2 rings (SSSR count). The van der Waals surface area contributed by atoms with Gasteiger partial charge in [-0.3, -0.25) is 4.90 Å². The zero-order valence-corrected chi connectivity index (χ0v) is 14.6. The summed E-state index contributed by atoms with van der Waals surface area (Å²) < 4.78 is 5.34. The number of hydrogen-bond acceptors (Lipinski definition) is 3. The minimum Gasteiger partial charge on any atom is -0.479 e. The van der Waals surface area contributed by atoms with Gasteiger partial charge in [0.25, 0.3) is 0 Å². The van der Waals surface area contributed by atoms with Gasteiger partial charge in [0.1, 0.15) is 12.1 Å². The summed E-state index contributed by atoms with van der Waals surface area (Å²) in [6.45, 7) is 6.12. The number of nitrogens with zero attached hydrogens (tertiary/aromatic N) is 1. The maximum Gasteiger partial charge on any atom is 0.411 e. The minimum absolute atomic E-state index is 0. The van der Waals surface area contributed by atoms with Gasteiger partial charge < -0.3 is 9.84 Å². The van der Waals surface area contributed by atoms with E-state index in [2.05, 4.69) is 0 Å². The molecule has 6 heteroatoms. The Morgan fingerprint density at radius 1 is 1.26 bits per heavy atom. The fourth-order valence-corrected chi connectivity index (χ4v) is 3.19. The molecule has 1 N–H and O–H groups in total. The molecule has 0 radical (unpaired) electrons. The SMILES string of the molecule is CC(C)(C)[C@@]1(C(=O)O)CCCN1C(=O)OCc1ccccc1.Cl. The first kappa shape index (κ1) is 19.3. The molecule has 23 heavy (non-hydrogen) atoms. The summed E-state index contributed by atoms with van der Waals surface area (Å²) in [7, 11) is 0.